The molecule has 1 heterocycles. The Bertz CT molecular complexity index is 579. The molecule has 1 aliphatic heterocycles. The van der Waals surface area contributed by atoms with Crippen molar-refractivity contribution in [2.45, 2.75) is 11.5 Å². The number of rotatable bonds is 2. The number of primary sulfonamides is 1. The van der Waals surface area contributed by atoms with Crippen LogP contribution in [-0.4, -0.2) is 27.9 Å². The van der Waals surface area contributed by atoms with Gasteiger partial charge in [-0.1, -0.05) is 0 Å². The van der Waals surface area contributed by atoms with E-state index < -0.39 is 10.0 Å². The van der Waals surface area contributed by atoms with Crippen molar-refractivity contribution in [1.82, 2.24) is 0 Å². The summed E-state index contributed by atoms with van der Waals surface area (Å²) >= 11 is 0. The number of methoxy groups -OCH3 is 1. The second kappa shape index (κ2) is 4.10. The van der Waals surface area contributed by atoms with E-state index in [2.05, 4.69) is 0 Å². The van der Waals surface area contributed by atoms with E-state index in [9.17, 15) is 13.2 Å². The molecule has 0 radical (unpaired) electrons. The summed E-state index contributed by atoms with van der Waals surface area (Å²) in [5.41, 5.74) is 0.923. The number of Topliss-reactive ketones (excluding diaryl/α,β-unsaturated/α-hetero) is 1. The van der Waals surface area contributed by atoms with Crippen LogP contribution in [0.2, 0.25) is 0 Å². The van der Waals surface area contributed by atoms with E-state index in [0.29, 0.717) is 11.1 Å². The molecule has 1 aromatic carbocycles. The second-order valence-electron chi connectivity index (χ2n) is 3.62. The molecule has 0 aliphatic carbocycles. The van der Waals surface area contributed by atoms with E-state index in [1.807, 2.05) is 0 Å². The molecule has 2 N–H and O–H groups in total. The number of hydrogen-bond donors (Lipinski definition) is 1. The van der Waals surface area contributed by atoms with Crippen LogP contribution in [0.3, 0.4) is 0 Å². The second-order valence-corrected chi connectivity index (χ2v) is 5.15. The number of carbonyl (C=O) groups is 1. The number of benzene rings is 1. The highest BCUT2D eigenvalue weighted by Gasteiger charge is 2.24. The van der Waals surface area contributed by atoms with Crippen LogP contribution in [0.4, 0.5) is 0 Å². The molecule has 17 heavy (non-hydrogen) atoms. The molecular formula is C10H11NO5S. The van der Waals surface area contributed by atoms with Crippen LogP contribution in [0.15, 0.2) is 17.0 Å². The average Bonchev–Trinajstić information content (AvgIpc) is 2.26. The van der Waals surface area contributed by atoms with Crippen molar-refractivity contribution in [3.05, 3.63) is 23.3 Å². The van der Waals surface area contributed by atoms with Gasteiger partial charge >= 0.3 is 0 Å². The summed E-state index contributed by atoms with van der Waals surface area (Å²) < 4.78 is 32.7. The Labute approximate surface area is 98.4 Å². The summed E-state index contributed by atoms with van der Waals surface area (Å²) in [6, 6.07) is 2.71. The third-order valence-corrected chi connectivity index (χ3v) is 3.42. The third-order valence-electron chi connectivity index (χ3n) is 2.49. The standard InChI is InChI=1S/C10H11NO5S/c1-15-9-2-6-4-16-5-8(12)7(6)3-10(9)17(11,13)14/h2-3H,4-5H2,1H3,(H2,11,13,14). The van der Waals surface area contributed by atoms with Crippen molar-refractivity contribution >= 4 is 15.8 Å². The Kier molecular flexibility index (Phi) is 2.90. The van der Waals surface area contributed by atoms with Crippen molar-refractivity contribution in [1.29, 1.82) is 0 Å². The molecule has 1 aliphatic rings. The maximum Gasteiger partial charge on any atom is 0.241 e. The Balaban J connectivity index is 2.69. The normalized spacial score (nSPS) is 15.5. The first kappa shape index (κ1) is 12.0. The molecule has 92 valence electrons. The van der Waals surface area contributed by atoms with Gasteiger partial charge in [0.1, 0.15) is 17.3 Å². The van der Waals surface area contributed by atoms with Gasteiger partial charge in [-0.25, -0.2) is 13.6 Å². The van der Waals surface area contributed by atoms with Gasteiger partial charge < -0.3 is 9.47 Å². The fourth-order valence-electron chi connectivity index (χ4n) is 1.69. The van der Waals surface area contributed by atoms with E-state index in [4.69, 9.17) is 14.6 Å². The molecule has 1 aromatic rings. The molecule has 0 bridgehead atoms. The summed E-state index contributed by atoms with van der Waals surface area (Å²) in [4.78, 5) is 11.4. The summed E-state index contributed by atoms with van der Waals surface area (Å²) in [6.45, 7) is 0.200. The van der Waals surface area contributed by atoms with Crippen molar-refractivity contribution < 1.29 is 22.7 Å². The monoisotopic (exact) mass is 257 g/mol. The van der Waals surface area contributed by atoms with E-state index in [1.165, 1.54) is 19.2 Å². The molecule has 0 aromatic heterocycles. The van der Waals surface area contributed by atoms with Gasteiger partial charge in [-0.15, -0.1) is 0 Å². The highest BCUT2D eigenvalue weighted by molar-refractivity contribution is 7.89. The highest BCUT2D eigenvalue weighted by Crippen LogP contribution is 2.29. The van der Waals surface area contributed by atoms with Gasteiger partial charge in [0.05, 0.1) is 13.7 Å². The molecule has 0 saturated carbocycles. The van der Waals surface area contributed by atoms with Crippen LogP contribution < -0.4 is 9.88 Å². The summed E-state index contributed by atoms with van der Waals surface area (Å²) in [6.07, 6.45) is 0. The molecule has 0 atom stereocenters. The fourth-order valence-corrected chi connectivity index (χ4v) is 2.40. The Hall–Kier alpha value is -1.44. The number of nitrogens with two attached hydrogens (primary N) is 1. The maximum absolute atomic E-state index is 11.6. The van der Waals surface area contributed by atoms with Crippen LogP contribution in [0.5, 0.6) is 5.75 Å². The first-order valence-corrected chi connectivity index (χ1v) is 6.33. The molecule has 0 unspecified atom stereocenters. The SMILES string of the molecule is COc1cc2c(cc1S(N)(=O)=O)C(=O)COC2. The molecule has 0 saturated heterocycles. The molecule has 7 heteroatoms. The fraction of sp³-hybridized carbons (Fsp3) is 0.300. The lowest BCUT2D eigenvalue weighted by Gasteiger charge is -2.17. The predicted octanol–water partition coefficient (Wildman–Crippen LogP) is 0.0555. The zero-order valence-corrected chi connectivity index (χ0v) is 9.91. The minimum Gasteiger partial charge on any atom is -0.495 e. The molecule has 0 fully saturated rings. The smallest absolute Gasteiger partial charge is 0.241 e. The highest BCUT2D eigenvalue weighted by atomic mass is 32.2. The number of ether oxygens (including phenoxy) is 2. The largest absolute Gasteiger partial charge is 0.495 e. The number of carbonyl (C=O) groups excluding carboxylic acids is 1. The molecule has 0 amide bonds. The Morgan fingerprint density at radius 2 is 2.06 bits per heavy atom. The lowest BCUT2D eigenvalue weighted by molar-refractivity contribution is 0.0664. The topological polar surface area (TPSA) is 95.7 Å². The van der Waals surface area contributed by atoms with E-state index in [1.54, 1.807) is 0 Å². The number of hydrogen-bond acceptors (Lipinski definition) is 5. The first-order chi connectivity index (χ1) is 7.93. The van der Waals surface area contributed by atoms with Crippen LogP contribution in [-0.2, 0) is 21.4 Å². The number of sulfonamides is 1. The minimum absolute atomic E-state index is 0.0522. The van der Waals surface area contributed by atoms with Crippen molar-refractivity contribution in [3.63, 3.8) is 0 Å². The first-order valence-electron chi connectivity index (χ1n) is 4.78. The summed E-state index contributed by atoms with van der Waals surface area (Å²) in [7, 11) is -2.59. The van der Waals surface area contributed by atoms with Crippen LogP contribution in [0, 0.1) is 0 Å². The van der Waals surface area contributed by atoms with Gasteiger partial charge in [-0.05, 0) is 17.7 Å². The molecule has 0 spiro atoms. The van der Waals surface area contributed by atoms with Crippen LogP contribution in [0.25, 0.3) is 0 Å². The van der Waals surface area contributed by atoms with E-state index in [-0.39, 0.29) is 29.6 Å². The van der Waals surface area contributed by atoms with Gasteiger partial charge in [0.25, 0.3) is 0 Å². The van der Waals surface area contributed by atoms with Crippen molar-refractivity contribution in [2.75, 3.05) is 13.7 Å². The lowest BCUT2D eigenvalue weighted by atomic mass is 10.0. The van der Waals surface area contributed by atoms with Gasteiger partial charge in [-0.3, -0.25) is 4.79 Å². The molecule has 2 rings (SSSR count). The summed E-state index contributed by atoms with van der Waals surface area (Å²) in [5, 5.41) is 5.06. The summed E-state index contributed by atoms with van der Waals surface area (Å²) in [5.74, 6) is -0.150. The molecular weight excluding hydrogens is 246 g/mol. The molecule has 6 nitrogen and oxygen atoms in total. The average molecular weight is 257 g/mol. The zero-order chi connectivity index (χ0) is 12.6. The van der Waals surface area contributed by atoms with Crippen LogP contribution >= 0.6 is 0 Å². The van der Waals surface area contributed by atoms with Gasteiger partial charge in [0, 0.05) is 5.56 Å². The lowest BCUT2D eigenvalue weighted by Crippen LogP contribution is -2.21. The predicted molar refractivity (Wildman–Crippen MR) is 58.4 cm³/mol. The quantitative estimate of drug-likeness (QED) is 0.808. The van der Waals surface area contributed by atoms with Crippen molar-refractivity contribution in [3.8, 4) is 5.75 Å². The van der Waals surface area contributed by atoms with E-state index >= 15 is 0 Å². The Morgan fingerprint density at radius 3 is 2.65 bits per heavy atom. The van der Waals surface area contributed by atoms with E-state index in [0.717, 1.165) is 0 Å². The maximum atomic E-state index is 11.6. The van der Waals surface area contributed by atoms with Crippen LogP contribution in [0.1, 0.15) is 15.9 Å². The third kappa shape index (κ3) is 2.17. The Morgan fingerprint density at radius 1 is 1.35 bits per heavy atom. The van der Waals surface area contributed by atoms with Gasteiger partial charge in [0.15, 0.2) is 5.78 Å². The minimum atomic E-state index is -3.92. The van der Waals surface area contributed by atoms with Crippen molar-refractivity contribution in [2.24, 2.45) is 5.14 Å². The van der Waals surface area contributed by atoms with Gasteiger partial charge in [-0.2, -0.15) is 0 Å². The number of fused-ring (bicyclic) bond motifs is 1. The van der Waals surface area contributed by atoms with Gasteiger partial charge in [0.2, 0.25) is 10.0 Å². The zero-order valence-electron chi connectivity index (χ0n) is 9.10. The number of ketones is 1.